The number of amides is 1. The van der Waals surface area contributed by atoms with E-state index in [1.54, 1.807) is 11.8 Å². The number of nitrogens with zero attached hydrogens (tertiary/aromatic N) is 7. The molecular formula is C24H29F3N8O2. The number of rotatable bonds is 8. The van der Waals surface area contributed by atoms with Gasteiger partial charge in [0, 0.05) is 50.5 Å². The Morgan fingerprint density at radius 2 is 1.84 bits per heavy atom. The second-order valence-electron chi connectivity index (χ2n) is 8.65. The van der Waals surface area contributed by atoms with Crippen molar-refractivity contribution in [1.82, 2.24) is 29.6 Å². The SMILES string of the molecule is CCOc1nc(Nc2cccc(C(F)(F)F)c2)nc(N2CCN(C(=O)CCn3nc(C)cc3C)CC2)n1. The Bertz CT molecular complexity index is 1240. The number of piperazine rings is 1. The molecule has 1 aromatic carbocycles. The molecular weight excluding hydrogens is 489 g/mol. The minimum Gasteiger partial charge on any atom is -0.464 e. The Labute approximate surface area is 212 Å². The largest absolute Gasteiger partial charge is 0.464 e. The van der Waals surface area contributed by atoms with Gasteiger partial charge in [-0.1, -0.05) is 6.07 Å². The van der Waals surface area contributed by atoms with Gasteiger partial charge in [-0.25, -0.2) is 0 Å². The van der Waals surface area contributed by atoms with Gasteiger partial charge in [0.05, 0.1) is 17.9 Å². The van der Waals surface area contributed by atoms with Gasteiger partial charge in [-0.3, -0.25) is 9.48 Å². The summed E-state index contributed by atoms with van der Waals surface area (Å²) in [7, 11) is 0. The zero-order chi connectivity index (χ0) is 26.6. The number of carbonyl (C=O) groups is 1. The molecule has 1 fully saturated rings. The van der Waals surface area contributed by atoms with E-state index in [2.05, 4.69) is 25.4 Å². The van der Waals surface area contributed by atoms with Crippen molar-refractivity contribution in [1.29, 1.82) is 0 Å². The molecule has 3 aromatic rings. The van der Waals surface area contributed by atoms with Crippen LogP contribution in [0.15, 0.2) is 30.3 Å². The number of nitrogens with one attached hydrogen (secondary N) is 1. The predicted molar refractivity (Wildman–Crippen MR) is 131 cm³/mol. The molecule has 13 heteroatoms. The number of ether oxygens (including phenoxy) is 1. The van der Waals surface area contributed by atoms with Crippen LogP contribution < -0.4 is 15.0 Å². The van der Waals surface area contributed by atoms with Crippen LogP contribution in [0.4, 0.5) is 30.8 Å². The molecule has 0 atom stereocenters. The van der Waals surface area contributed by atoms with Crippen molar-refractivity contribution in [2.24, 2.45) is 0 Å². The van der Waals surface area contributed by atoms with Gasteiger partial charge in [0.2, 0.25) is 17.8 Å². The minimum atomic E-state index is -4.47. The summed E-state index contributed by atoms with van der Waals surface area (Å²) in [6, 6.07) is 6.82. The fraction of sp³-hybridized carbons (Fsp3) is 0.458. The molecule has 1 aliphatic heterocycles. The molecule has 0 bridgehead atoms. The number of hydrogen-bond donors (Lipinski definition) is 1. The number of benzene rings is 1. The lowest BCUT2D eigenvalue weighted by Gasteiger charge is -2.34. The molecule has 10 nitrogen and oxygen atoms in total. The summed E-state index contributed by atoms with van der Waals surface area (Å²) >= 11 is 0. The second kappa shape index (κ2) is 11.0. The van der Waals surface area contributed by atoms with Crippen molar-refractivity contribution in [2.45, 2.75) is 39.9 Å². The lowest BCUT2D eigenvalue weighted by Crippen LogP contribution is -2.49. The Morgan fingerprint density at radius 3 is 2.49 bits per heavy atom. The van der Waals surface area contributed by atoms with E-state index in [4.69, 9.17) is 4.74 Å². The van der Waals surface area contributed by atoms with Crippen LogP contribution >= 0.6 is 0 Å². The number of alkyl halides is 3. The lowest BCUT2D eigenvalue weighted by atomic mass is 10.2. The molecule has 0 saturated carbocycles. The van der Waals surface area contributed by atoms with Crippen LogP contribution in [-0.2, 0) is 17.5 Å². The molecule has 4 rings (SSSR count). The third-order valence-electron chi connectivity index (χ3n) is 5.88. The first-order chi connectivity index (χ1) is 17.6. The van der Waals surface area contributed by atoms with Gasteiger partial charge in [0.25, 0.3) is 0 Å². The van der Waals surface area contributed by atoms with E-state index in [-0.39, 0.29) is 23.6 Å². The second-order valence-corrected chi connectivity index (χ2v) is 8.65. The van der Waals surface area contributed by atoms with Crippen LogP contribution in [0.3, 0.4) is 0 Å². The van der Waals surface area contributed by atoms with E-state index in [1.165, 1.54) is 12.1 Å². The van der Waals surface area contributed by atoms with E-state index in [0.717, 1.165) is 23.5 Å². The smallest absolute Gasteiger partial charge is 0.416 e. The highest BCUT2D eigenvalue weighted by Gasteiger charge is 2.30. The molecule has 198 valence electrons. The summed E-state index contributed by atoms with van der Waals surface area (Å²) in [5, 5.41) is 7.22. The number of aryl methyl sites for hydroxylation is 3. The first kappa shape index (κ1) is 26.2. The minimum absolute atomic E-state index is 0.0461. The predicted octanol–water partition coefficient (Wildman–Crippen LogP) is 3.58. The van der Waals surface area contributed by atoms with E-state index in [9.17, 15) is 18.0 Å². The van der Waals surface area contributed by atoms with Gasteiger partial charge in [0.1, 0.15) is 0 Å². The first-order valence-corrected chi connectivity index (χ1v) is 12.0. The molecule has 1 saturated heterocycles. The molecule has 1 aliphatic rings. The van der Waals surface area contributed by atoms with Crippen molar-refractivity contribution >= 4 is 23.5 Å². The molecule has 2 aromatic heterocycles. The molecule has 0 aliphatic carbocycles. The van der Waals surface area contributed by atoms with Crippen LogP contribution in [0.2, 0.25) is 0 Å². The summed E-state index contributed by atoms with van der Waals surface area (Å²) in [6.45, 7) is 8.45. The Hall–Kier alpha value is -3.90. The number of halogens is 3. The third-order valence-corrected chi connectivity index (χ3v) is 5.88. The summed E-state index contributed by atoms with van der Waals surface area (Å²) in [5.74, 6) is 0.434. The van der Waals surface area contributed by atoms with Crippen molar-refractivity contribution < 1.29 is 22.7 Å². The first-order valence-electron chi connectivity index (χ1n) is 12.0. The zero-order valence-electron chi connectivity index (χ0n) is 20.9. The molecule has 0 radical (unpaired) electrons. The molecule has 3 heterocycles. The number of aromatic nitrogens is 5. The molecule has 0 unspecified atom stereocenters. The van der Waals surface area contributed by atoms with E-state index >= 15 is 0 Å². The average molecular weight is 519 g/mol. The fourth-order valence-electron chi connectivity index (χ4n) is 4.06. The number of carbonyl (C=O) groups excluding carboxylic acids is 1. The summed E-state index contributed by atoms with van der Waals surface area (Å²) < 4.78 is 46.6. The maximum atomic E-state index is 13.1. The summed E-state index contributed by atoms with van der Waals surface area (Å²) in [4.78, 5) is 29.4. The van der Waals surface area contributed by atoms with Gasteiger partial charge in [-0.05, 0) is 45.0 Å². The topological polar surface area (TPSA) is 101 Å². The maximum absolute atomic E-state index is 13.1. The molecule has 37 heavy (non-hydrogen) atoms. The summed E-state index contributed by atoms with van der Waals surface area (Å²) in [6.07, 6.45) is -4.11. The molecule has 1 N–H and O–H groups in total. The van der Waals surface area contributed by atoms with E-state index in [0.29, 0.717) is 51.7 Å². The number of hydrogen-bond acceptors (Lipinski definition) is 8. The van der Waals surface area contributed by atoms with Crippen LogP contribution in [0, 0.1) is 13.8 Å². The van der Waals surface area contributed by atoms with Crippen molar-refractivity contribution in [2.75, 3.05) is 43.0 Å². The lowest BCUT2D eigenvalue weighted by molar-refractivity contribution is -0.137. The van der Waals surface area contributed by atoms with Gasteiger partial charge in [-0.15, -0.1) is 0 Å². The van der Waals surface area contributed by atoms with Crippen molar-refractivity contribution in [3.63, 3.8) is 0 Å². The van der Waals surface area contributed by atoms with E-state index < -0.39 is 11.7 Å². The molecule has 0 spiro atoms. The highest BCUT2D eigenvalue weighted by atomic mass is 19.4. The Kier molecular flexibility index (Phi) is 7.79. The quantitative estimate of drug-likeness (QED) is 0.483. The normalized spacial score (nSPS) is 14.1. The standard InChI is InChI=1S/C24H29F3N8O2/c1-4-37-23-30-21(28-19-7-5-6-18(15-19)24(25,26)27)29-22(31-23)34-12-10-33(11-13-34)20(36)8-9-35-17(3)14-16(2)32-35/h5-7,14-15H,4,8-13H2,1-3H3,(H,28,29,30,31). The van der Waals surface area contributed by atoms with Gasteiger partial charge in [-0.2, -0.15) is 33.2 Å². The van der Waals surface area contributed by atoms with E-state index in [1.807, 2.05) is 29.5 Å². The van der Waals surface area contributed by atoms with Crippen molar-refractivity contribution in [3.05, 3.63) is 47.3 Å². The van der Waals surface area contributed by atoms with Crippen LogP contribution in [0.25, 0.3) is 0 Å². The van der Waals surface area contributed by atoms with Crippen LogP contribution in [0.5, 0.6) is 6.01 Å². The van der Waals surface area contributed by atoms with Crippen LogP contribution in [-0.4, -0.2) is 68.3 Å². The zero-order valence-corrected chi connectivity index (χ0v) is 20.9. The molecule has 1 amide bonds. The Balaban J connectivity index is 1.41. The third kappa shape index (κ3) is 6.66. The fourth-order valence-corrected chi connectivity index (χ4v) is 4.06. The van der Waals surface area contributed by atoms with Crippen molar-refractivity contribution in [3.8, 4) is 6.01 Å². The average Bonchev–Trinajstić information content (AvgIpc) is 3.19. The van der Waals surface area contributed by atoms with Gasteiger partial charge in [0.15, 0.2) is 0 Å². The van der Waals surface area contributed by atoms with Crippen LogP contribution in [0.1, 0.15) is 30.3 Å². The maximum Gasteiger partial charge on any atom is 0.416 e. The highest BCUT2D eigenvalue weighted by molar-refractivity contribution is 5.76. The Morgan fingerprint density at radius 1 is 1.08 bits per heavy atom. The van der Waals surface area contributed by atoms with Gasteiger partial charge >= 0.3 is 12.2 Å². The highest BCUT2D eigenvalue weighted by Crippen LogP contribution is 2.31. The number of anilines is 3. The van der Waals surface area contributed by atoms with Gasteiger partial charge < -0.3 is 19.9 Å². The summed E-state index contributed by atoms with van der Waals surface area (Å²) in [5.41, 5.74) is 1.34. The monoisotopic (exact) mass is 518 g/mol.